The predicted octanol–water partition coefficient (Wildman–Crippen LogP) is 5.24. The van der Waals surface area contributed by atoms with Crippen LogP contribution in [-0.2, 0) is 11.2 Å². The van der Waals surface area contributed by atoms with Gasteiger partial charge in [0.15, 0.2) is 4.34 Å². The Balaban J connectivity index is 1.39. The first kappa shape index (κ1) is 16.9. The molecule has 0 bridgehead atoms. The summed E-state index contributed by atoms with van der Waals surface area (Å²) in [6.45, 7) is 0. The van der Waals surface area contributed by atoms with E-state index in [0.29, 0.717) is 10.8 Å². The van der Waals surface area contributed by atoms with Gasteiger partial charge in [-0.15, -0.1) is 11.3 Å². The van der Waals surface area contributed by atoms with E-state index < -0.39 is 0 Å². The molecule has 4 rings (SSSR count). The van der Waals surface area contributed by atoms with Crippen LogP contribution in [0.3, 0.4) is 0 Å². The fourth-order valence-corrected chi connectivity index (χ4v) is 5.23. The highest BCUT2D eigenvalue weighted by atomic mass is 35.5. The van der Waals surface area contributed by atoms with E-state index in [1.165, 1.54) is 22.9 Å². The third-order valence-electron chi connectivity index (χ3n) is 4.36. The van der Waals surface area contributed by atoms with Crippen LogP contribution in [0.1, 0.15) is 30.0 Å². The van der Waals surface area contributed by atoms with Crippen molar-refractivity contribution in [3.63, 3.8) is 0 Å². The van der Waals surface area contributed by atoms with Crippen molar-refractivity contribution in [1.29, 1.82) is 0 Å². The van der Waals surface area contributed by atoms with Crippen molar-refractivity contribution in [1.82, 2.24) is 10.3 Å². The van der Waals surface area contributed by atoms with Gasteiger partial charge in [0, 0.05) is 5.02 Å². The molecule has 3 nitrogen and oxygen atoms in total. The number of thiazole rings is 1. The zero-order valence-electron chi connectivity index (χ0n) is 13.5. The maximum atomic E-state index is 12.4. The Bertz CT molecular complexity index is 925. The van der Waals surface area contributed by atoms with E-state index in [0.717, 1.165) is 33.8 Å². The minimum atomic E-state index is 0.0593. The second-order valence-corrected chi connectivity index (χ2v) is 8.78. The van der Waals surface area contributed by atoms with Gasteiger partial charge >= 0.3 is 0 Å². The predicted molar refractivity (Wildman–Crippen MR) is 106 cm³/mol. The van der Waals surface area contributed by atoms with Crippen LogP contribution >= 0.6 is 34.7 Å². The first-order valence-electron chi connectivity index (χ1n) is 8.25. The minimum Gasteiger partial charge on any atom is -0.349 e. The topological polar surface area (TPSA) is 42.0 Å². The average Bonchev–Trinajstić information content (AvgIpc) is 3.02. The summed E-state index contributed by atoms with van der Waals surface area (Å²) >= 11 is 9.08. The molecule has 0 fully saturated rings. The van der Waals surface area contributed by atoms with E-state index >= 15 is 0 Å². The number of halogens is 1. The van der Waals surface area contributed by atoms with Crippen LogP contribution in [-0.4, -0.2) is 16.6 Å². The zero-order chi connectivity index (χ0) is 17.2. The quantitative estimate of drug-likeness (QED) is 0.622. The molecule has 1 aromatic heterocycles. The lowest BCUT2D eigenvalue weighted by Gasteiger charge is -2.26. The Morgan fingerprint density at radius 2 is 2.20 bits per heavy atom. The largest absolute Gasteiger partial charge is 0.349 e. The number of aryl methyl sites for hydroxylation is 1. The van der Waals surface area contributed by atoms with Gasteiger partial charge in [0.1, 0.15) is 0 Å². The van der Waals surface area contributed by atoms with Gasteiger partial charge < -0.3 is 5.32 Å². The third-order valence-corrected chi connectivity index (χ3v) is 6.78. The van der Waals surface area contributed by atoms with Crippen molar-refractivity contribution in [3.8, 4) is 0 Å². The number of benzene rings is 2. The van der Waals surface area contributed by atoms with E-state index in [4.69, 9.17) is 11.6 Å². The Hall–Kier alpha value is -1.56. The fraction of sp³-hybridized carbons (Fsp3) is 0.263. The monoisotopic (exact) mass is 388 g/mol. The number of rotatable bonds is 4. The summed E-state index contributed by atoms with van der Waals surface area (Å²) in [5.74, 6) is 0.440. The molecule has 0 unspecified atom stereocenters. The summed E-state index contributed by atoms with van der Waals surface area (Å²) in [5, 5.41) is 3.87. The van der Waals surface area contributed by atoms with Crippen LogP contribution in [0.15, 0.2) is 46.8 Å². The molecule has 1 aliphatic rings. The number of hydrogen-bond acceptors (Lipinski definition) is 4. The number of aromatic nitrogens is 1. The van der Waals surface area contributed by atoms with Crippen molar-refractivity contribution in [2.45, 2.75) is 29.6 Å². The third kappa shape index (κ3) is 3.84. The molecule has 0 spiro atoms. The van der Waals surface area contributed by atoms with Crippen molar-refractivity contribution in [2.24, 2.45) is 0 Å². The summed E-state index contributed by atoms with van der Waals surface area (Å²) in [6, 6.07) is 14.2. The Morgan fingerprint density at radius 1 is 1.32 bits per heavy atom. The van der Waals surface area contributed by atoms with Gasteiger partial charge in [0.2, 0.25) is 5.91 Å². The smallest absolute Gasteiger partial charge is 0.230 e. The lowest BCUT2D eigenvalue weighted by atomic mass is 9.88. The zero-order valence-corrected chi connectivity index (χ0v) is 15.9. The minimum absolute atomic E-state index is 0.0593. The highest BCUT2D eigenvalue weighted by Gasteiger charge is 2.21. The normalized spacial score (nSPS) is 16.6. The number of nitrogens with zero attached hydrogens (tertiary/aromatic N) is 1. The van der Waals surface area contributed by atoms with E-state index in [1.54, 1.807) is 11.3 Å². The maximum absolute atomic E-state index is 12.4. The fourth-order valence-electron chi connectivity index (χ4n) is 3.21. The molecule has 1 N–H and O–H groups in total. The maximum Gasteiger partial charge on any atom is 0.230 e. The summed E-state index contributed by atoms with van der Waals surface area (Å²) in [5.41, 5.74) is 3.51. The molecule has 2 aromatic carbocycles. The molecule has 1 heterocycles. The average molecular weight is 389 g/mol. The second kappa shape index (κ2) is 7.36. The van der Waals surface area contributed by atoms with Crippen LogP contribution in [0.5, 0.6) is 0 Å². The lowest BCUT2D eigenvalue weighted by Crippen LogP contribution is -2.32. The SMILES string of the molecule is O=C(CSc1nc2cc(Cl)ccc2s1)N[C@@H]1CCCc2ccccc21. The Kier molecular flexibility index (Phi) is 4.97. The number of carbonyl (C=O) groups is 1. The van der Waals surface area contributed by atoms with Gasteiger partial charge in [-0.1, -0.05) is 47.6 Å². The number of hydrogen-bond donors (Lipinski definition) is 1. The molecule has 1 aliphatic carbocycles. The summed E-state index contributed by atoms with van der Waals surface area (Å²) in [7, 11) is 0. The Labute approximate surface area is 159 Å². The molecule has 0 aliphatic heterocycles. The van der Waals surface area contributed by atoms with Crippen molar-refractivity contribution in [3.05, 3.63) is 58.6 Å². The van der Waals surface area contributed by atoms with Crippen LogP contribution in [0.2, 0.25) is 5.02 Å². The number of nitrogens with one attached hydrogen (secondary N) is 1. The molecular formula is C19H17ClN2OS2. The van der Waals surface area contributed by atoms with Crippen molar-refractivity contribution >= 4 is 50.8 Å². The second-order valence-electron chi connectivity index (χ2n) is 6.09. The molecule has 3 aromatic rings. The Morgan fingerprint density at radius 3 is 3.12 bits per heavy atom. The molecule has 25 heavy (non-hydrogen) atoms. The van der Waals surface area contributed by atoms with E-state index in [2.05, 4.69) is 28.5 Å². The number of amides is 1. The molecule has 1 atom stereocenters. The van der Waals surface area contributed by atoms with Gasteiger partial charge in [-0.3, -0.25) is 4.79 Å². The molecule has 0 saturated carbocycles. The van der Waals surface area contributed by atoms with E-state index in [1.807, 2.05) is 24.3 Å². The first-order chi connectivity index (χ1) is 12.2. The molecule has 0 saturated heterocycles. The summed E-state index contributed by atoms with van der Waals surface area (Å²) in [6.07, 6.45) is 3.23. The number of carbonyl (C=O) groups excluding carboxylic acids is 1. The number of fused-ring (bicyclic) bond motifs is 2. The molecule has 0 radical (unpaired) electrons. The van der Waals surface area contributed by atoms with Gasteiger partial charge in [0.25, 0.3) is 0 Å². The molecule has 128 valence electrons. The first-order valence-corrected chi connectivity index (χ1v) is 10.4. The van der Waals surface area contributed by atoms with Crippen LogP contribution in [0.4, 0.5) is 0 Å². The van der Waals surface area contributed by atoms with Gasteiger partial charge in [-0.2, -0.15) is 0 Å². The molecule has 1 amide bonds. The lowest BCUT2D eigenvalue weighted by molar-refractivity contribution is -0.119. The highest BCUT2D eigenvalue weighted by molar-refractivity contribution is 8.01. The van der Waals surface area contributed by atoms with Crippen LogP contribution in [0.25, 0.3) is 10.2 Å². The molecular weight excluding hydrogens is 372 g/mol. The standard InChI is InChI=1S/C19H17ClN2OS2/c20-13-8-9-17-16(10-13)22-19(25-17)24-11-18(23)21-15-7-3-5-12-4-1-2-6-14(12)15/h1-2,4,6,8-10,15H,3,5,7,11H2,(H,21,23)/t15-/m1/s1. The van der Waals surface area contributed by atoms with Crippen LogP contribution < -0.4 is 5.32 Å². The van der Waals surface area contributed by atoms with Gasteiger partial charge in [-0.25, -0.2) is 4.98 Å². The van der Waals surface area contributed by atoms with E-state index in [9.17, 15) is 4.79 Å². The van der Waals surface area contributed by atoms with Gasteiger partial charge in [0.05, 0.1) is 22.0 Å². The highest BCUT2D eigenvalue weighted by Crippen LogP contribution is 2.32. The van der Waals surface area contributed by atoms with Crippen molar-refractivity contribution in [2.75, 3.05) is 5.75 Å². The molecule has 6 heteroatoms. The van der Waals surface area contributed by atoms with Crippen LogP contribution in [0, 0.1) is 0 Å². The summed E-state index contributed by atoms with van der Waals surface area (Å²) < 4.78 is 1.99. The van der Waals surface area contributed by atoms with E-state index in [-0.39, 0.29) is 11.9 Å². The number of thioether (sulfide) groups is 1. The van der Waals surface area contributed by atoms with Crippen molar-refractivity contribution < 1.29 is 4.79 Å². The van der Waals surface area contributed by atoms with Gasteiger partial charge in [-0.05, 0) is 48.6 Å². The summed E-state index contributed by atoms with van der Waals surface area (Å²) in [4.78, 5) is 16.9.